The molecule has 1 aliphatic rings. The molecule has 130 valence electrons. The van der Waals surface area contributed by atoms with Gasteiger partial charge in [-0.05, 0) is 25.1 Å². The number of methoxy groups -OCH3 is 2. The number of hydrogen-bond acceptors (Lipinski definition) is 5. The Bertz CT molecular complexity index is 527. The van der Waals surface area contributed by atoms with Crippen molar-refractivity contribution in [3.8, 4) is 11.5 Å². The van der Waals surface area contributed by atoms with Crippen molar-refractivity contribution in [2.24, 2.45) is 5.73 Å². The lowest BCUT2D eigenvalue weighted by Gasteiger charge is -2.43. The number of halogens is 1. The fraction of sp³-hybridized carbons (Fsp3) is 0.647. The summed E-state index contributed by atoms with van der Waals surface area (Å²) in [7, 11) is 3.22. The Morgan fingerprint density at radius 3 is 2.57 bits per heavy atom. The lowest BCUT2D eigenvalue weighted by atomic mass is 10.0. The minimum atomic E-state index is 0.0799. The molecule has 0 aromatic heterocycles. The summed E-state index contributed by atoms with van der Waals surface area (Å²) < 4.78 is 10.7. The highest BCUT2D eigenvalue weighted by Crippen LogP contribution is 2.41. The van der Waals surface area contributed by atoms with Crippen molar-refractivity contribution >= 4 is 11.6 Å². The standard InChI is InChI=1S/C17H28ClN3O2/c1-5-20-8-9-21(12(2)11-20)14(10-19)13-6-7-15(22-3)17(23-4)16(13)18/h6-7,12,14H,5,8-11,19H2,1-4H3. The second kappa shape index (κ2) is 8.20. The largest absolute Gasteiger partial charge is 0.493 e. The summed E-state index contributed by atoms with van der Waals surface area (Å²) in [6, 6.07) is 4.41. The molecule has 23 heavy (non-hydrogen) atoms. The van der Waals surface area contributed by atoms with Gasteiger partial charge in [-0.15, -0.1) is 0 Å². The highest BCUT2D eigenvalue weighted by atomic mass is 35.5. The van der Waals surface area contributed by atoms with Crippen LogP contribution in [-0.2, 0) is 0 Å². The number of nitrogens with zero attached hydrogens (tertiary/aromatic N) is 2. The highest BCUT2D eigenvalue weighted by molar-refractivity contribution is 6.33. The fourth-order valence-corrected chi connectivity index (χ4v) is 3.76. The normalized spacial score (nSPS) is 21.2. The zero-order valence-electron chi connectivity index (χ0n) is 14.5. The fourth-order valence-electron chi connectivity index (χ4n) is 3.40. The second-order valence-electron chi connectivity index (χ2n) is 5.94. The Morgan fingerprint density at radius 1 is 1.30 bits per heavy atom. The molecule has 2 atom stereocenters. The van der Waals surface area contributed by atoms with Gasteiger partial charge in [0.1, 0.15) is 0 Å². The molecule has 6 heteroatoms. The van der Waals surface area contributed by atoms with Gasteiger partial charge in [0, 0.05) is 38.3 Å². The summed E-state index contributed by atoms with van der Waals surface area (Å²) in [4.78, 5) is 4.91. The van der Waals surface area contributed by atoms with Crippen molar-refractivity contribution in [2.45, 2.75) is 25.9 Å². The van der Waals surface area contributed by atoms with E-state index >= 15 is 0 Å². The lowest BCUT2D eigenvalue weighted by molar-refractivity contribution is 0.0535. The molecule has 0 bridgehead atoms. The maximum absolute atomic E-state index is 6.59. The van der Waals surface area contributed by atoms with E-state index in [1.165, 1.54) is 0 Å². The van der Waals surface area contributed by atoms with Gasteiger partial charge in [0.25, 0.3) is 0 Å². The van der Waals surface area contributed by atoms with Gasteiger partial charge in [-0.3, -0.25) is 4.90 Å². The molecule has 1 aromatic rings. The molecule has 0 spiro atoms. The average Bonchev–Trinajstić information content (AvgIpc) is 2.57. The zero-order chi connectivity index (χ0) is 17.0. The Balaban J connectivity index is 2.31. The van der Waals surface area contributed by atoms with Crippen LogP contribution < -0.4 is 15.2 Å². The van der Waals surface area contributed by atoms with Gasteiger partial charge in [0.05, 0.1) is 19.2 Å². The summed E-state index contributed by atoms with van der Waals surface area (Å²) >= 11 is 6.59. The summed E-state index contributed by atoms with van der Waals surface area (Å²) in [5, 5.41) is 0.590. The van der Waals surface area contributed by atoms with Gasteiger partial charge in [-0.25, -0.2) is 0 Å². The molecule has 1 saturated heterocycles. The van der Waals surface area contributed by atoms with Crippen LogP contribution in [0.4, 0.5) is 0 Å². The highest BCUT2D eigenvalue weighted by Gasteiger charge is 2.31. The number of piperazine rings is 1. The first-order chi connectivity index (χ1) is 11.1. The van der Waals surface area contributed by atoms with Crippen LogP contribution in [0.2, 0.25) is 5.02 Å². The smallest absolute Gasteiger partial charge is 0.179 e. The molecule has 0 aliphatic carbocycles. The molecule has 1 aliphatic heterocycles. The first-order valence-corrected chi connectivity index (χ1v) is 8.53. The van der Waals surface area contributed by atoms with Crippen LogP contribution in [-0.4, -0.2) is 62.8 Å². The van der Waals surface area contributed by atoms with Crippen LogP contribution in [0.25, 0.3) is 0 Å². The lowest BCUT2D eigenvalue weighted by Crippen LogP contribution is -2.53. The molecule has 2 rings (SSSR count). The first-order valence-electron chi connectivity index (χ1n) is 8.15. The molecule has 5 nitrogen and oxygen atoms in total. The maximum Gasteiger partial charge on any atom is 0.179 e. The van der Waals surface area contributed by atoms with Crippen molar-refractivity contribution < 1.29 is 9.47 Å². The van der Waals surface area contributed by atoms with E-state index in [4.69, 9.17) is 26.8 Å². The van der Waals surface area contributed by atoms with Crippen LogP contribution >= 0.6 is 11.6 Å². The van der Waals surface area contributed by atoms with Crippen LogP contribution in [0.15, 0.2) is 12.1 Å². The maximum atomic E-state index is 6.59. The molecule has 2 N–H and O–H groups in total. The molecule has 1 fully saturated rings. The summed E-state index contributed by atoms with van der Waals surface area (Å²) in [5.74, 6) is 1.21. The van der Waals surface area contributed by atoms with Crippen molar-refractivity contribution in [3.63, 3.8) is 0 Å². The van der Waals surface area contributed by atoms with E-state index < -0.39 is 0 Å². The van der Waals surface area contributed by atoms with Crippen molar-refractivity contribution in [1.82, 2.24) is 9.80 Å². The van der Waals surface area contributed by atoms with Gasteiger partial charge >= 0.3 is 0 Å². The van der Waals surface area contributed by atoms with Crippen molar-refractivity contribution in [3.05, 3.63) is 22.7 Å². The molecule has 2 unspecified atom stereocenters. The Kier molecular flexibility index (Phi) is 6.53. The van der Waals surface area contributed by atoms with Gasteiger partial charge in [0.2, 0.25) is 0 Å². The minimum absolute atomic E-state index is 0.0799. The van der Waals surface area contributed by atoms with E-state index in [0.29, 0.717) is 29.1 Å². The Labute approximate surface area is 144 Å². The molecule has 0 amide bonds. The number of nitrogens with two attached hydrogens (primary N) is 1. The van der Waals surface area contributed by atoms with Crippen LogP contribution in [0.1, 0.15) is 25.5 Å². The topological polar surface area (TPSA) is 51.0 Å². The van der Waals surface area contributed by atoms with Gasteiger partial charge in [0.15, 0.2) is 11.5 Å². The van der Waals surface area contributed by atoms with Crippen molar-refractivity contribution in [1.29, 1.82) is 0 Å². The Hall–Kier alpha value is -1.01. The predicted molar refractivity (Wildman–Crippen MR) is 94.6 cm³/mol. The SMILES string of the molecule is CCN1CCN(C(CN)c2ccc(OC)c(OC)c2Cl)C(C)C1. The van der Waals surface area contributed by atoms with Crippen molar-refractivity contribution in [2.75, 3.05) is 46.9 Å². The van der Waals surface area contributed by atoms with Gasteiger partial charge < -0.3 is 20.1 Å². The monoisotopic (exact) mass is 341 g/mol. The molecular formula is C17H28ClN3O2. The first kappa shape index (κ1) is 18.3. The van der Waals surface area contributed by atoms with Crippen LogP contribution in [0, 0.1) is 0 Å². The minimum Gasteiger partial charge on any atom is -0.493 e. The van der Waals surface area contributed by atoms with E-state index in [0.717, 1.165) is 31.7 Å². The second-order valence-corrected chi connectivity index (χ2v) is 6.31. The molecule has 0 radical (unpaired) electrons. The number of ether oxygens (including phenoxy) is 2. The average molecular weight is 342 g/mol. The number of benzene rings is 1. The molecule has 0 saturated carbocycles. The third-order valence-corrected chi connectivity index (χ3v) is 5.10. The molecule has 1 aromatic carbocycles. The van der Waals surface area contributed by atoms with E-state index in [1.807, 2.05) is 12.1 Å². The van der Waals surface area contributed by atoms with Crippen LogP contribution in [0.5, 0.6) is 11.5 Å². The van der Waals surface area contributed by atoms with E-state index in [-0.39, 0.29) is 6.04 Å². The van der Waals surface area contributed by atoms with Gasteiger partial charge in [-0.2, -0.15) is 0 Å². The summed E-state index contributed by atoms with van der Waals surface area (Å²) in [5.41, 5.74) is 7.11. The predicted octanol–water partition coefficient (Wildman–Crippen LogP) is 2.38. The number of rotatable bonds is 6. The molecule has 1 heterocycles. The number of hydrogen-bond donors (Lipinski definition) is 1. The summed E-state index contributed by atoms with van der Waals surface area (Å²) in [6.07, 6.45) is 0. The number of likely N-dealkylation sites (N-methyl/N-ethyl adjacent to an activating group) is 1. The third-order valence-electron chi connectivity index (χ3n) is 4.71. The molecular weight excluding hydrogens is 314 g/mol. The quantitative estimate of drug-likeness (QED) is 0.861. The van der Waals surface area contributed by atoms with Gasteiger partial charge in [-0.1, -0.05) is 24.6 Å². The van der Waals surface area contributed by atoms with E-state index in [2.05, 4.69) is 23.6 Å². The van der Waals surface area contributed by atoms with Crippen LogP contribution in [0.3, 0.4) is 0 Å². The van der Waals surface area contributed by atoms with E-state index in [1.54, 1.807) is 14.2 Å². The summed E-state index contributed by atoms with van der Waals surface area (Å²) in [6.45, 7) is 9.16. The third kappa shape index (κ3) is 3.74. The zero-order valence-corrected chi connectivity index (χ0v) is 15.3. The van der Waals surface area contributed by atoms with E-state index in [9.17, 15) is 0 Å². The Morgan fingerprint density at radius 2 is 2.04 bits per heavy atom.